The summed E-state index contributed by atoms with van der Waals surface area (Å²) in [5.74, 6) is 0.173. The quantitative estimate of drug-likeness (QED) is 0.215. The van der Waals surface area contributed by atoms with Crippen molar-refractivity contribution in [1.29, 1.82) is 0 Å². The SMILES string of the molecule is OC[C@H]1C[C@@H](n2cnc3c(Cl)ncnc32)[C@@H]1COC(c1ccccc1)(c1ccccc1)c1ccccc1. The maximum Gasteiger partial charge on any atom is 0.165 e. The first-order valence-electron chi connectivity index (χ1n) is 12.5. The van der Waals surface area contributed by atoms with Gasteiger partial charge < -0.3 is 14.4 Å². The Morgan fingerprint density at radius 1 is 0.838 bits per heavy atom. The van der Waals surface area contributed by atoms with Crippen molar-refractivity contribution >= 4 is 22.8 Å². The third-order valence-electron chi connectivity index (χ3n) is 7.58. The van der Waals surface area contributed by atoms with Gasteiger partial charge in [-0.15, -0.1) is 0 Å². The van der Waals surface area contributed by atoms with Crippen LogP contribution in [-0.2, 0) is 10.3 Å². The number of rotatable bonds is 8. The lowest BCUT2D eigenvalue weighted by atomic mass is 9.69. The first kappa shape index (κ1) is 23.8. The molecule has 5 aromatic rings. The zero-order chi connectivity index (χ0) is 25.2. The van der Waals surface area contributed by atoms with Crippen LogP contribution in [0.5, 0.6) is 0 Å². The summed E-state index contributed by atoms with van der Waals surface area (Å²) >= 11 is 6.26. The Kier molecular flexibility index (Phi) is 6.47. The van der Waals surface area contributed by atoms with Crippen LogP contribution in [-0.4, -0.2) is 37.8 Å². The highest BCUT2D eigenvalue weighted by Gasteiger charge is 2.45. The monoisotopic (exact) mass is 510 g/mol. The lowest BCUT2D eigenvalue weighted by Crippen LogP contribution is -2.45. The number of hydrogen-bond donors (Lipinski definition) is 1. The molecule has 0 saturated heterocycles. The Bertz CT molecular complexity index is 1380. The van der Waals surface area contributed by atoms with E-state index in [1.165, 1.54) is 6.33 Å². The summed E-state index contributed by atoms with van der Waals surface area (Å²) in [6.07, 6.45) is 4.05. The highest BCUT2D eigenvalue weighted by molar-refractivity contribution is 6.33. The molecule has 0 spiro atoms. The van der Waals surface area contributed by atoms with Crippen molar-refractivity contribution in [2.75, 3.05) is 13.2 Å². The van der Waals surface area contributed by atoms with Gasteiger partial charge in [-0.1, -0.05) is 103 Å². The summed E-state index contributed by atoms with van der Waals surface area (Å²) < 4.78 is 9.14. The van der Waals surface area contributed by atoms with Crippen molar-refractivity contribution < 1.29 is 9.84 Å². The number of imidazole rings is 1. The van der Waals surface area contributed by atoms with Crippen LogP contribution in [0.25, 0.3) is 11.2 Å². The standard InChI is InChI=1S/C30H27ClN4O2/c31-28-27-29(33-19-32-28)35(20-34-27)26-16-21(17-36)25(26)18-37-30(22-10-4-1-5-11-22,23-12-6-2-7-13-23)24-14-8-3-9-15-24/h1-15,19-21,25-26,36H,16-18H2/t21-,25-,26-/m1/s1. The topological polar surface area (TPSA) is 73.1 Å². The van der Waals surface area contributed by atoms with E-state index in [4.69, 9.17) is 16.3 Å². The van der Waals surface area contributed by atoms with Crippen LogP contribution >= 0.6 is 11.6 Å². The van der Waals surface area contributed by atoms with E-state index in [1.54, 1.807) is 6.33 Å². The number of ether oxygens (including phenoxy) is 1. The number of aromatic nitrogens is 4. The van der Waals surface area contributed by atoms with Crippen molar-refractivity contribution in [3.63, 3.8) is 0 Å². The Hall–Kier alpha value is -3.58. The van der Waals surface area contributed by atoms with Crippen LogP contribution in [0.15, 0.2) is 104 Å². The average Bonchev–Trinajstić information content (AvgIpc) is 3.37. The Balaban J connectivity index is 1.41. The molecule has 1 N–H and O–H groups in total. The predicted molar refractivity (Wildman–Crippen MR) is 143 cm³/mol. The molecule has 6 rings (SSSR count). The smallest absolute Gasteiger partial charge is 0.165 e. The highest BCUT2D eigenvalue weighted by atomic mass is 35.5. The number of benzene rings is 3. The molecular weight excluding hydrogens is 484 g/mol. The van der Waals surface area contributed by atoms with E-state index in [0.29, 0.717) is 22.9 Å². The van der Waals surface area contributed by atoms with Gasteiger partial charge in [-0.05, 0) is 29.0 Å². The first-order chi connectivity index (χ1) is 18.2. The largest absolute Gasteiger partial charge is 0.396 e. The molecule has 0 radical (unpaired) electrons. The molecule has 3 atom stereocenters. The average molecular weight is 511 g/mol. The van der Waals surface area contributed by atoms with Crippen LogP contribution in [0, 0.1) is 11.8 Å². The molecule has 7 heteroatoms. The number of hydrogen-bond acceptors (Lipinski definition) is 5. The summed E-state index contributed by atoms with van der Waals surface area (Å²) in [6, 6.07) is 31.1. The predicted octanol–water partition coefficient (Wildman–Crippen LogP) is 5.66. The molecule has 186 valence electrons. The maximum absolute atomic E-state index is 10.2. The fourth-order valence-corrected chi connectivity index (χ4v) is 5.79. The van der Waals surface area contributed by atoms with E-state index in [9.17, 15) is 5.11 Å². The summed E-state index contributed by atoms with van der Waals surface area (Å²) in [6.45, 7) is 0.537. The van der Waals surface area contributed by atoms with Crippen LogP contribution < -0.4 is 0 Å². The Labute approximate surface area is 220 Å². The van der Waals surface area contributed by atoms with Gasteiger partial charge in [0.25, 0.3) is 0 Å². The first-order valence-corrected chi connectivity index (χ1v) is 12.8. The summed E-state index contributed by atoms with van der Waals surface area (Å²) in [5.41, 5.74) is 3.63. The van der Waals surface area contributed by atoms with Gasteiger partial charge in [0.15, 0.2) is 10.8 Å². The van der Waals surface area contributed by atoms with Crippen molar-refractivity contribution in [1.82, 2.24) is 19.5 Å². The van der Waals surface area contributed by atoms with E-state index in [0.717, 1.165) is 23.1 Å². The summed E-state index contributed by atoms with van der Waals surface area (Å²) in [5, 5.41) is 10.5. The fraction of sp³-hybridized carbons (Fsp3) is 0.233. The van der Waals surface area contributed by atoms with E-state index in [2.05, 4.69) is 55.9 Å². The van der Waals surface area contributed by atoms with Crippen molar-refractivity contribution in [2.45, 2.75) is 18.1 Å². The minimum Gasteiger partial charge on any atom is -0.396 e. The van der Waals surface area contributed by atoms with Gasteiger partial charge in [-0.25, -0.2) is 15.0 Å². The van der Waals surface area contributed by atoms with Gasteiger partial charge in [0.05, 0.1) is 12.9 Å². The maximum atomic E-state index is 10.2. The number of halogens is 1. The lowest BCUT2D eigenvalue weighted by Gasteiger charge is -2.46. The van der Waals surface area contributed by atoms with E-state index >= 15 is 0 Å². The van der Waals surface area contributed by atoms with Crippen LogP contribution in [0.2, 0.25) is 5.15 Å². The molecule has 1 saturated carbocycles. The highest BCUT2D eigenvalue weighted by Crippen LogP contribution is 2.48. The van der Waals surface area contributed by atoms with Crippen molar-refractivity contribution in [3.05, 3.63) is 125 Å². The van der Waals surface area contributed by atoms with Crippen LogP contribution in [0.1, 0.15) is 29.2 Å². The molecule has 6 nitrogen and oxygen atoms in total. The zero-order valence-corrected chi connectivity index (χ0v) is 20.9. The minimum absolute atomic E-state index is 0.0617. The number of nitrogens with zero attached hydrogens (tertiary/aromatic N) is 4. The molecule has 2 aromatic heterocycles. The molecule has 0 bridgehead atoms. The molecule has 3 aromatic carbocycles. The Morgan fingerprint density at radius 2 is 1.41 bits per heavy atom. The summed E-state index contributed by atoms with van der Waals surface area (Å²) in [4.78, 5) is 13.0. The van der Waals surface area contributed by atoms with Gasteiger partial charge in [0.1, 0.15) is 17.4 Å². The van der Waals surface area contributed by atoms with Crippen LogP contribution in [0.4, 0.5) is 0 Å². The van der Waals surface area contributed by atoms with Gasteiger partial charge in [-0.3, -0.25) is 0 Å². The lowest BCUT2D eigenvalue weighted by molar-refractivity contribution is -0.0762. The van der Waals surface area contributed by atoms with E-state index in [1.807, 2.05) is 54.6 Å². The molecular formula is C30H27ClN4O2. The molecule has 2 heterocycles. The zero-order valence-electron chi connectivity index (χ0n) is 20.2. The van der Waals surface area contributed by atoms with Crippen LogP contribution in [0.3, 0.4) is 0 Å². The normalized spacial score (nSPS) is 19.6. The second-order valence-electron chi connectivity index (χ2n) is 9.49. The molecule has 1 fully saturated rings. The van der Waals surface area contributed by atoms with Crippen molar-refractivity contribution in [3.8, 4) is 0 Å². The van der Waals surface area contributed by atoms with Gasteiger partial charge in [0.2, 0.25) is 0 Å². The molecule has 0 unspecified atom stereocenters. The Morgan fingerprint density at radius 3 is 1.95 bits per heavy atom. The van der Waals surface area contributed by atoms with Gasteiger partial charge >= 0.3 is 0 Å². The second kappa shape index (κ2) is 10.1. The van der Waals surface area contributed by atoms with Gasteiger partial charge in [0, 0.05) is 18.6 Å². The van der Waals surface area contributed by atoms with Crippen molar-refractivity contribution in [2.24, 2.45) is 11.8 Å². The molecule has 1 aliphatic rings. The molecule has 0 aliphatic heterocycles. The second-order valence-corrected chi connectivity index (χ2v) is 9.85. The number of aliphatic hydroxyl groups is 1. The molecule has 0 amide bonds. The minimum atomic E-state index is -0.813. The fourth-order valence-electron chi connectivity index (χ4n) is 5.61. The summed E-state index contributed by atoms with van der Waals surface area (Å²) in [7, 11) is 0. The third kappa shape index (κ3) is 4.11. The number of fused-ring (bicyclic) bond motifs is 1. The van der Waals surface area contributed by atoms with E-state index in [-0.39, 0.29) is 24.5 Å². The number of aliphatic hydroxyl groups excluding tert-OH is 1. The third-order valence-corrected chi connectivity index (χ3v) is 7.86. The van der Waals surface area contributed by atoms with Gasteiger partial charge in [-0.2, -0.15) is 0 Å². The van der Waals surface area contributed by atoms with E-state index < -0.39 is 5.60 Å². The molecule has 1 aliphatic carbocycles. The molecule has 37 heavy (non-hydrogen) atoms.